The number of aliphatic hydroxyl groups is 2. The Balaban J connectivity index is 1.83. The molecule has 160 valence electrons. The average molecular weight is 455 g/mol. The molecule has 0 aliphatic carbocycles. The van der Waals surface area contributed by atoms with Crippen LogP contribution >= 0.6 is 22.9 Å². The Hall–Kier alpha value is -2.55. The lowest BCUT2D eigenvalue weighted by molar-refractivity contribution is -0.00230. The molecule has 2 unspecified atom stereocenters. The van der Waals surface area contributed by atoms with Crippen LogP contribution in [0.3, 0.4) is 0 Å². The van der Waals surface area contributed by atoms with Gasteiger partial charge in [0.05, 0.1) is 23.0 Å². The number of aliphatic hydroxyl groups excluding tert-OH is 1. The highest BCUT2D eigenvalue weighted by molar-refractivity contribution is 7.19. The van der Waals surface area contributed by atoms with Crippen LogP contribution in [0.1, 0.15) is 29.0 Å². The first-order valence-corrected chi connectivity index (χ1v) is 11.0. The van der Waals surface area contributed by atoms with Crippen LogP contribution in [0.5, 0.6) is 0 Å². The lowest BCUT2D eigenvalue weighted by Crippen LogP contribution is -2.25. The molecule has 0 saturated carbocycles. The van der Waals surface area contributed by atoms with E-state index < -0.39 is 5.60 Å². The molecule has 0 saturated heterocycles. The summed E-state index contributed by atoms with van der Waals surface area (Å²) >= 11 is 8.00. The van der Waals surface area contributed by atoms with Gasteiger partial charge >= 0.3 is 0 Å². The molecule has 1 aromatic carbocycles. The Labute approximate surface area is 189 Å². The van der Waals surface area contributed by atoms with Gasteiger partial charge in [-0.15, -0.1) is 11.3 Å². The van der Waals surface area contributed by atoms with Gasteiger partial charge in [-0.2, -0.15) is 0 Å². The average Bonchev–Trinajstić information content (AvgIpc) is 3.20. The van der Waals surface area contributed by atoms with E-state index in [-0.39, 0.29) is 12.5 Å². The maximum atomic E-state index is 10.4. The largest absolute Gasteiger partial charge is 0.393 e. The number of nitrogens with zero attached hydrogens (tertiary/aromatic N) is 2. The number of nitrogen functional groups attached to an aromatic ring is 1. The number of aromatic nitrogens is 2. The molecule has 3 heterocycles. The predicted octanol–water partition coefficient (Wildman–Crippen LogP) is 3.88. The Morgan fingerprint density at radius 3 is 2.74 bits per heavy atom. The summed E-state index contributed by atoms with van der Waals surface area (Å²) in [5, 5.41) is 21.5. The fourth-order valence-corrected chi connectivity index (χ4v) is 5.08. The normalized spacial score (nSPS) is 14.5. The minimum absolute atomic E-state index is 0.185. The molecule has 0 aliphatic heterocycles. The summed E-state index contributed by atoms with van der Waals surface area (Å²) in [6.07, 6.45) is 1.64. The molecule has 2 atom stereocenters. The van der Waals surface area contributed by atoms with Crippen LogP contribution in [0.15, 0.2) is 54.7 Å². The molecule has 0 amide bonds. The van der Waals surface area contributed by atoms with Crippen LogP contribution in [0.4, 0.5) is 5.82 Å². The molecule has 0 fully saturated rings. The van der Waals surface area contributed by atoms with Crippen LogP contribution in [-0.2, 0) is 5.60 Å². The third-order valence-electron chi connectivity index (χ3n) is 5.33. The van der Waals surface area contributed by atoms with Gasteiger partial charge in [0.2, 0.25) is 0 Å². The first-order chi connectivity index (χ1) is 14.8. The summed E-state index contributed by atoms with van der Waals surface area (Å²) in [5.74, 6) is 0.215. The summed E-state index contributed by atoms with van der Waals surface area (Å²) < 4.78 is 1.05. The molecule has 3 aromatic heterocycles. The maximum Gasteiger partial charge on any atom is 0.123 e. The van der Waals surface area contributed by atoms with E-state index in [2.05, 4.69) is 16.0 Å². The van der Waals surface area contributed by atoms with Crippen molar-refractivity contribution in [3.05, 3.63) is 75.9 Å². The van der Waals surface area contributed by atoms with Crippen molar-refractivity contribution >= 4 is 38.8 Å². The van der Waals surface area contributed by atoms with Crippen LogP contribution < -0.4 is 11.5 Å². The van der Waals surface area contributed by atoms with Gasteiger partial charge in [-0.25, -0.2) is 4.98 Å². The van der Waals surface area contributed by atoms with E-state index in [1.54, 1.807) is 48.7 Å². The number of thiophene rings is 1. The molecular formula is C23H23ClN4O2S. The van der Waals surface area contributed by atoms with Crippen molar-refractivity contribution in [3.8, 4) is 11.3 Å². The molecule has 31 heavy (non-hydrogen) atoms. The van der Waals surface area contributed by atoms with Crippen molar-refractivity contribution in [3.63, 3.8) is 0 Å². The summed E-state index contributed by atoms with van der Waals surface area (Å²) in [6, 6.07) is 15.0. The third kappa shape index (κ3) is 4.15. The van der Waals surface area contributed by atoms with Crippen molar-refractivity contribution in [2.75, 3.05) is 18.9 Å². The minimum atomic E-state index is -1.34. The van der Waals surface area contributed by atoms with E-state index in [0.717, 1.165) is 26.2 Å². The molecule has 0 aliphatic rings. The number of hydrogen-bond donors (Lipinski definition) is 4. The van der Waals surface area contributed by atoms with Crippen LogP contribution in [0.2, 0.25) is 5.02 Å². The summed E-state index contributed by atoms with van der Waals surface area (Å²) in [7, 11) is 0. The van der Waals surface area contributed by atoms with Gasteiger partial charge in [-0.05, 0) is 48.2 Å². The number of anilines is 1. The van der Waals surface area contributed by atoms with Crippen LogP contribution in [-0.4, -0.2) is 33.3 Å². The highest BCUT2D eigenvalue weighted by atomic mass is 35.5. The Morgan fingerprint density at radius 1 is 1.19 bits per heavy atom. The molecular weight excluding hydrogens is 432 g/mol. The van der Waals surface area contributed by atoms with Crippen LogP contribution in [0.25, 0.3) is 21.3 Å². The summed E-state index contributed by atoms with van der Waals surface area (Å²) in [4.78, 5) is 9.96. The van der Waals surface area contributed by atoms with Gasteiger partial charge in [0.1, 0.15) is 11.4 Å². The quantitative estimate of drug-likeness (QED) is 0.351. The van der Waals surface area contributed by atoms with E-state index in [1.165, 1.54) is 0 Å². The van der Waals surface area contributed by atoms with Crippen molar-refractivity contribution < 1.29 is 10.2 Å². The SMILES string of the molecule is CC(O)(CO)c1ccnc(-c2cccc3cc(C(CN)c4nc(N)ccc4Cl)sc23)c1. The van der Waals surface area contributed by atoms with Crippen molar-refractivity contribution in [1.29, 1.82) is 0 Å². The number of hydrogen-bond acceptors (Lipinski definition) is 7. The topological polar surface area (TPSA) is 118 Å². The van der Waals surface area contributed by atoms with Gasteiger partial charge in [-0.1, -0.05) is 29.8 Å². The second-order valence-corrected chi connectivity index (χ2v) is 9.12. The lowest BCUT2D eigenvalue weighted by Gasteiger charge is -2.21. The number of nitrogens with two attached hydrogens (primary N) is 2. The van der Waals surface area contributed by atoms with Gasteiger partial charge < -0.3 is 21.7 Å². The lowest BCUT2D eigenvalue weighted by atomic mass is 9.96. The van der Waals surface area contributed by atoms with Gasteiger partial charge in [0.15, 0.2) is 0 Å². The number of rotatable bonds is 6. The number of halogens is 1. The van der Waals surface area contributed by atoms with Gasteiger partial charge in [-0.3, -0.25) is 4.98 Å². The van der Waals surface area contributed by atoms with Crippen LogP contribution in [0, 0.1) is 0 Å². The number of pyridine rings is 2. The zero-order valence-electron chi connectivity index (χ0n) is 16.9. The predicted molar refractivity (Wildman–Crippen MR) is 126 cm³/mol. The standard InChI is InChI=1S/C23H23ClN4O2S/c1-23(30,12-29)14-7-8-27-18(10-14)15-4-2-3-13-9-19(31-22(13)15)16(11-25)21-17(24)5-6-20(26)28-21/h2-10,16,29-30H,11-12,25H2,1H3,(H2,26,28). The third-order valence-corrected chi connectivity index (χ3v) is 6.95. The minimum Gasteiger partial charge on any atom is -0.393 e. The molecule has 0 bridgehead atoms. The zero-order valence-corrected chi connectivity index (χ0v) is 18.5. The molecule has 0 spiro atoms. The van der Waals surface area contributed by atoms with E-state index >= 15 is 0 Å². The summed E-state index contributed by atoms with van der Waals surface area (Å²) in [6.45, 7) is 1.53. The van der Waals surface area contributed by atoms with Gasteiger partial charge in [0, 0.05) is 33.8 Å². The molecule has 4 aromatic rings. The first-order valence-electron chi connectivity index (χ1n) is 9.78. The molecule has 6 N–H and O–H groups in total. The number of benzene rings is 1. The molecule has 6 nitrogen and oxygen atoms in total. The van der Waals surface area contributed by atoms with E-state index in [9.17, 15) is 10.2 Å². The van der Waals surface area contributed by atoms with Gasteiger partial charge in [0.25, 0.3) is 0 Å². The van der Waals surface area contributed by atoms with E-state index in [4.69, 9.17) is 23.1 Å². The van der Waals surface area contributed by atoms with Crippen molar-refractivity contribution in [1.82, 2.24) is 9.97 Å². The highest BCUT2D eigenvalue weighted by Crippen LogP contribution is 2.40. The van der Waals surface area contributed by atoms with E-state index in [1.807, 2.05) is 18.2 Å². The molecule has 4 rings (SSSR count). The number of fused-ring (bicyclic) bond motifs is 1. The Bertz CT molecular complexity index is 1240. The monoisotopic (exact) mass is 454 g/mol. The van der Waals surface area contributed by atoms with E-state index in [0.29, 0.717) is 28.6 Å². The summed E-state index contributed by atoms with van der Waals surface area (Å²) in [5.41, 5.74) is 13.6. The second-order valence-electron chi connectivity index (χ2n) is 7.63. The smallest absolute Gasteiger partial charge is 0.123 e. The Kier molecular flexibility index (Phi) is 5.96. The fourth-order valence-electron chi connectivity index (χ4n) is 3.54. The Morgan fingerprint density at radius 2 is 2.00 bits per heavy atom. The molecule has 8 heteroatoms. The first kappa shape index (κ1) is 21.7. The maximum absolute atomic E-state index is 10.4. The van der Waals surface area contributed by atoms with Crippen molar-refractivity contribution in [2.45, 2.75) is 18.4 Å². The zero-order chi connectivity index (χ0) is 22.2. The molecule has 0 radical (unpaired) electrons. The fraction of sp³-hybridized carbons (Fsp3) is 0.217. The highest BCUT2D eigenvalue weighted by Gasteiger charge is 2.24. The second kappa shape index (κ2) is 8.53. The van der Waals surface area contributed by atoms with Crippen molar-refractivity contribution in [2.24, 2.45) is 5.73 Å².